The normalized spacial score (nSPS) is 14.6. The predicted molar refractivity (Wildman–Crippen MR) is 67.1 cm³/mol. The Morgan fingerprint density at radius 2 is 2.18 bits per heavy atom. The summed E-state index contributed by atoms with van der Waals surface area (Å²) in [5.74, 6) is -0.966. The molecule has 0 aromatic carbocycles. The molecule has 1 aromatic heterocycles. The lowest BCUT2D eigenvalue weighted by atomic mass is 10.1. The number of hydrogen-bond acceptors (Lipinski definition) is 3. The first-order chi connectivity index (χ1) is 7.93. The van der Waals surface area contributed by atoms with E-state index in [9.17, 15) is 9.00 Å². The second kappa shape index (κ2) is 5.91. The Kier molecular flexibility index (Phi) is 4.81. The van der Waals surface area contributed by atoms with Crippen molar-refractivity contribution in [2.75, 3.05) is 0 Å². The highest BCUT2D eigenvalue weighted by atomic mass is 32.2. The zero-order valence-corrected chi connectivity index (χ0v) is 11.0. The fourth-order valence-electron chi connectivity index (χ4n) is 1.60. The van der Waals surface area contributed by atoms with E-state index >= 15 is 0 Å². The van der Waals surface area contributed by atoms with Gasteiger partial charge >= 0.3 is 5.97 Å². The van der Waals surface area contributed by atoms with Crippen molar-refractivity contribution in [3.05, 3.63) is 29.6 Å². The first kappa shape index (κ1) is 13.8. The van der Waals surface area contributed by atoms with Crippen LogP contribution in [0.2, 0.25) is 0 Å². The third-order valence-electron chi connectivity index (χ3n) is 2.53. The van der Waals surface area contributed by atoms with Gasteiger partial charge in [0, 0.05) is 17.0 Å². The average Bonchev–Trinajstić information content (AvgIpc) is 2.20. The van der Waals surface area contributed by atoms with Crippen LogP contribution in [0.3, 0.4) is 0 Å². The van der Waals surface area contributed by atoms with E-state index in [1.807, 2.05) is 13.0 Å². The molecule has 0 spiro atoms. The quantitative estimate of drug-likeness (QED) is 0.870. The fourth-order valence-corrected chi connectivity index (χ4v) is 3.18. The zero-order chi connectivity index (χ0) is 13.0. The van der Waals surface area contributed by atoms with Crippen molar-refractivity contribution in [3.63, 3.8) is 0 Å². The molecule has 17 heavy (non-hydrogen) atoms. The molecule has 0 radical (unpaired) electrons. The molecule has 0 saturated heterocycles. The van der Waals surface area contributed by atoms with Crippen molar-refractivity contribution in [3.8, 4) is 0 Å². The van der Waals surface area contributed by atoms with Gasteiger partial charge in [0.1, 0.15) is 5.25 Å². The van der Waals surface area contributed by atoms with Crippen molar-refractivity contribution in [1.82, 2.24) is 4.98 Å². The smallest absolute Gasteiger partial charge is 0.319 e. The van der Waals surface area contributed by atoms with E-state index in [-0.39, 0.29) is 11.7 Å². The molecule has 4 nitrogen and oxygen atoms in total. The first-order valence-corrected chi connectivity index (χ1v) is 6.82. The number of pyridine rings is 1. The van der Waals surface area contributed by atoms with Crippen LogP contribution in [-0.4, -0.2) is 25.5 Å². The summed E-state index contributed by atoms with van der Waals surface area (Å²) in [5, 5.41) is 8.21. The van der Waals surface area contributed by atoms with Gasteiger partial charge in [0.2, 0.25) is 0 Å². The highest BCUT2D eigenvalue weighted by Crippen LogP contribution is 2.15. The molecule has 0 aliphatic heterocycles. The summed E-state index contributed by atoms with van der Waals surface area (Å²) in [6.07, 6.45) is 1.63. The molecular weight excluding hydrogens is 238 g/mol. The van der Waals surface area contributed by atoms with Crippen LogP contribution in [0.15, 0.2) is 18.3 Å². The summed E-state index contributed by atoms with van der Waals surface area (Å²) < 4.78 is 12.0. The van der Waals surface area contributed by atoms with E-state index in [0.717, 1.165) is 5.56 Å². The molecule has 1 aromatic rings. The van der Waals surface area contributed by atoms with Crippen LogP contribution in [0.5, 0.6) is 0 Å². The Balaban J connectivity index is 2.85. The summed E-state index contributed by atoms with van der Waals surface area (Å²) in [7, 11) is -1.44. The number of carboxylic acid groups (broad SMARTS) is 1. The number of aliphatic carboxylic acids is 1. The van der Waals surface area contributed by atoms with E-state index in [1.165, 1.54) is 0 Å². The maximum absolute atomic E-state index is 12.0. The standard InChI is InChI=1S/C12H17NO3S/c1-8(2)11(12(14)15)17(16)7-10-9(3)5-4-6-13-10/h4-6,8,11H,7H2,1-3H3,(H,14,15). The van der Waals surface area contributed by atoms with Gasteiger partial charge in [-0.3, -0.25) is 14.0 Å². The molecular formula is C12H17NO3S. The summed E-state index contributed by atoms with van der Waals surface area (Å²) in [5.41, 5.74) is 1.64. The van der Waals surface area contributed by atoms with Gasteiger partial charge in [-0.15, -0.1) is 0 Å². The van der Waals surface area contributed by atoms with Crippen molar-refractivity contribution in [1.29, 1.82) is 0 Å². The lowest BCUT2D eigenvalue weighted by molar-refractivity contribution is -0.137. The van der Waals surface area contributed by atoms with Gasteiger partial charge in [-0.05, 0) is 24.5 Å². The van der Waals surface area contributed by atoms with E-state index in [4.69, 9.17) is 5.11 Å². The van der Waals surface area contributed by atoms with E-state index in [2.05, 4.69) is 4.98 Å². The molecule has 0 amide bonds. The molecule has 2 unspecified atom stereocenters. The molecule has 0 aliphatic carbocycles. The molecule has 5 heteroatoms. The van der Waals surface area contributed by atoms with Crippen LogP contribution in [-0.2, 0) is 21.3 Å². The van der Waals surface area contributed by atoms with E-state index in [0.29, 0.717) is 5.69 Å². The Morgan fingerprint density at radius 1 is 1.53 bits per heavy atom. The minimum Gasteiger partial charge on any atom is -0.480 e. The van der Waals surface area contributed by atoms with Crippen molar-refractivity contribution < 1.29 is 14.1 Å². The van der Waals surface area contributed by atoms with Crippen LogP contribution in [0, 0.1) is 12.8 Å². The minimum absolute atomic E-state index is 0.155. The minimum atomic E-state index is -1.44. The van der Waals surface area contributed by atoms with Gasteiger partial charge in [-0.2, -0.15) is 0 Å². The van der Waals surface area contributed by atoms with Crippen LogP contribution < -0.4 is 0 Å². The van der Waals surface area contributed by atoms with Crippen molar-refractivity contribution in [2.24, 2.45) is 5.92 Å². The Labute approximate surface area is 104 Å². The number of aromatic nitrogens is 1. The maximum atomic E-state index is 12.0. The number of aryl methyl sites for hydroxylation is 1. The summed E-state index contributed by atoms with van der Waals surface area (Å²) in [6, 6.07) is 3.68. The molecule has 0 saturated carbocycles. The van der Waals surface area contributed by atoms with Crippen LogP contribution in [0.4, 0.5) is 0 Å². The number of carbonyl (C=O) groups is 1. The third kappa shape index (κ3) is 3.63. The van der Waals surface area contributed by atoms with Crippen molar-refractivity contribution >= 4 is 16.8 Å². The molecule has 0 fully saturated rings. The lowest BCUT2D eigenvalue weighted by Gasteiger charge is -2.15. The fraction of sp³-hybridized carbons (Fsp3) is 0.500. The van der Waals surface area contributed by atoms with Gasteiger partial charge in [0.25, 0.3) is 0 Å². The van der Waals surface area contributed by atoms with Gasteiger partial charge in [0.15, 0.2) is 0 Å². The number of nitrogens with zero attached hydrogens (tertiary/aromatic N) is 1. The summed E-state index contributed by atoms with van der Waals surface area (Å²) in [4.78, 5) is 15.2. The second-order valence-corrected chi connectivity index (χ2v) is 5.85. The zero-order valence-electron chi connectivity index (χ0n) is 10.2. The van der Waals surface area contributed by atoms with Crippen LogP contribution in [0.1, 0.15) is 25.1 Å². The van der Waals surface area contributed by atoms with Crippen molar-refractivity contribution in [2.45, 2.75) is 31.8 Å². The Morgan fingerprint density at radius 3 is 2.65 bits per heavy atom. The van der Waals surface area contributed by atoms with Gasteiger partial charge in [-0.1, -0.05) is 19.9 Å². The highest BCUT2D eigenvalue weighted by molar-refractivity contribution is 7.85. The van der Waals surface area contributed by atoms with Gasteiger partial charge in [0.05, 0.1) is 11.4 Å². The second-order valence-electron chi connectivity index (χ2n) is 4.29. The monoisotopic (exact) mass is 255 g/mol. The Bertz CT molecular complexity index is 432. The molecule has 2 atom stereocenters. The third-order valence-corrected chi connectivity index (χ3v) is 4.40. The van der Waals surface area contributed by atoms with Gasteiger partial charge in [-0.25, -0.2) is 0 Å². The topological polar surface area (TPSA) is 67.3 Å². The van der Waals surface area contributed by atoms with Gasteiger partial charge < -0.3 is 5.11 Å². The van der Waals surface area contributed by atoms with Crippen LogP contribution >= 0.6 is 0 Å². The number of carboxylic acids is 1. The summed E-state index contributed by atoms with van der Waals surface area (Å²) in [6.45, 7) is 5.41. The largest absolute Gasteiger partial charge is 0.480 e. The molecule has 1 N–H and O–H groups in total. The lowest BCUT2D eigenvalue weighted by Crippen LogP contribution is -2.32. The predicted octanol–water partition coefficient (Wildman–Crippen LogP) is 1.75. The first-order valence-electron chi connectivity index (χ1n) is 5.44. The van der Waals surface area contributed by atoms with Crippen LogP contribution in [0.25, 0.3) is 0 Å². The molecule has 0 aliphatic rings. The molecule has 94 valence electrons. The number of rotatable bonds is 5. The maximum Gasteiger partial charge on any atom is 0.319 e. The average molecular weight is 255 g/mol. The van der Waals surface area contributed by atoms with E-state index < -0.39 is 22.0 Å². The SMILES string of the molecule is Cc1cccnc1CS(=O)C(C(=O)O)C(C)C. The molecule has 1 rings (SSSR count). The summed E-state index contributed by atoms with van der Waals surface area (Å²) >= 11 is 0. The van der Waals surface area contributed by atoms with E-state index in [1.54, 1.807) is 26.1 Å². The number of hydrogen-bond donors (Lipinski definition) is 1. The Hall–Kier alpha value is -1.23. The molecule has 1 heterocycles. The molecule has 0 bridgehead atoms. The highest BCUT2D eigenvalue weighted by Gasteiger charge is 2.28.